The van der Waals surface area contributed by atoms with E-state index >= 15 is 0 Å². The molecule has 2 aromatic carbocycles. The Bertz CT molecular complexity index is 1230. The Morgan fingerprint density at radius 2 is 1.52 bits per heavy atom. The van der Waals surface area contributed by atoms with Crippen LogP contribution in [0.3, 0.4) is 0 Å². The summed E-state index contributed by atoms with van der Waals surface area (Å²) >= 11 is 3.43. The Kier molecular flexibility index (Phi) is 6.09. The largest absolute Gasteiger partial charge is 0.457 e. The van der Waals surface area contributed by atoms with Gasteiger partial charge in [0.15, 0.2) is 0 Å². The highest BCUT2D eigenvalue weighted by Crippen LogP contribution is 2.28. The predicted octanol–water partition coefficient (Wildman–Crippen LogP) is 5.82. The fourth-order valence-corrected chi connectivity index (χ4v) is 2.95. The third-order valence-corrected chi connectivity index (χ3v) is 4.71. The van der Waals surface area contributed by atoms with E-state index in [9.17, 15) is 9.59 Å². The van der Waals surface area contributed by atoms with E-state index in [-0.39, 0.29) is 23.0 Å². The van der Waals surface area contributed by atoms with Crippen molar-refractivity contribution in [3.8, 4) is 11.5 Å². The van der Waals surface area contributed by atoms with Crippen molar-refractivity contribution >= 4 is 39.8 Å². The number of halogens is 1. The standard InChI is InChI=1S/C23H14BrNO6/c24-17-5-1-2-6-18(17)25-14-15-9-10-16(30-22(26)19-7-3-11-28-19)13-21(15)31-23(27)20-8-4-12-29-20/h1-14H. The topological polar surface area (TPSA) is 91.2 Å². The molecule has 0 atom stereocenters. The minimum absolute atomic E-state index is 0.0340. The van der Waals surface area contributed by atoms with Gasteiger partial charge >= 0.3 is 11.9 Å². The fourth-order valence-electron chi connectivity index (χ4n) is 2.57. The first-order valence-electron chi connectivity index (χ1n) is 9.04. The molecule has 0 unspecified atom stereocenters. The average Bonchev–Trinajstić information content (AvgIpc) is 3.48. The Balaban J connectivity index is 1.63. The molecule has 4 aromatic rings. The maximum Gasteiger partial charge on any atom is 0.379 e. The molecule has 0 aliphatic carbocycles. The van der Waals surface area contributed by atoms with E-state index in [2.05, 4.69) is 20.9 Å². The van der Waals surface area contributed by atoms with Gasteiger partial charge in [0.1, 0.15) is 11.5 Å². The van der Waals surface area contributed by atoms with Crippen LogP contribution in [0, 0.1) is 0 Å². The predicted molar refractivity (Wildman–Crippen MR) is 115 cm³/mol. The second-order valence-electron chi connectivity index (χ2n) is 6.14. The van der Waals surface area contributed by atoms with Gasteiger partial charge < -0.3 is 18.3 Å². The molecule has 0 saturated heterocycles. The van der Waals surface area contributed by atoms with E-state index < -0.39 is 11.9 Å². The Labute approximate surface area is 185 Å². The molecule has 2 aromatic heterocycles. The van der Waals surface area contributed by atoms with E-state index in [1.54, 1.807) is 30.5 Å². The van der Waals surface area contributed by atoms with Crippen LogP contribution in [-0.2, 0) is 0 Å². The third-order valence-electron chi connectivity index (χ3n) is 4.04. The number of carbonyl (C=O) groups is 2. The van der Waals surface area contributed by atoms with Crippen LogP contribution < -0.4 is 9.47 Å². The first-order chi connectivity index (χ1) is 15.1. The summed E-state index contributed by atoms with van der Waals surface area (Å²) in [5.41, 5.74) is 1.19. The summed E-state index contributed by atoms with van der Waals surface area (Å²) in [6.45, 7) is 0. The fraction of sp³-hybridized carbons (Fsp3) is 0. The molecule has 0 amide bonds. The van der Waals surface area contributed by atoms with E-state index in [4.69, 9.17) is 18.3 Å². The second-order valence-corrected chi connectivity index (χ2v) is 7.00. The van der Waals surface area contributed by atoms with Crippen LogP contribution in [0.15, 0.2) is 97.6 Å². The monoisotopic (exact) mass is 479 g/mol. The highest BCUT2D eigenvalue weighted by Gasteiger charge is 2.17. The third kappa shape index (κ3) is 4.99. The lowest BCUT2D eigenvalue weighted by atomic mass is 10.2. The number of nitrogens with zero attached hydrogens (tertiary/aromatic N) is 1. The van der Waals surface area contributed by atoms with Crippen molar-refractivity contribution in [2.24, 2.45) is 4.99 Å². The zero-order chi connectivity index (χ0) is 21.6. The number of carbonyl (C=O) groups excluding carboxylic acids is 2. The summed E-state index contributed by atoms with van der Waals surface area (Å²) in [6.07, 6.45) is 4.28. The molecule has 7 nitrogen and oxygen atoms in total. The highest BCUT2D eigenvalue weighted by molar-refractivity contribution is 9.10. The van der Waals surface area contributed by atoms with Gasteiger partial charge in [0, 0.05) is 22.3 Å². The summed E-state index contributed by atoms with van der Waals surface area (Å²) in [5.74, 6) is -0.984. The van der Waals surface area contributed by atoms with Crippen molar-refractivity contribution in [2.45, 2.75) is 0 Å². The molecule has 0 saturated carbocycles. The Hall–Kier alpha value is -3.91. The zero-order valence-electron chi connectivity index (χ0n) is 15.9. The van der Waals surface area contributed by atoms with Gasteiger partial charge in [-0.1, -0.05) is 12.1 Å². The summed E-state index contributed by atoms with van der Waals surface area (Å²) in [5, 5.41) is 0. The van der Waals surface area contributed by atoms with Gasteiger partial charge in [-0.15, -0.1) is 0 Å². The molecule has 0 N–H and O–H groups in total. The van der Waals surface area contributed by atoms with Crippen molar-refractivity contribution in [2.75, 3.05) is 0 Å². The maximum absolute atomic E-state index is 12.4. The lowest BCUT2D eigenvalue weighted by molar-refractivity contribution is 0.0698. The summed E-state index contributed by atoms with van der Waals surface area (Å²) < 4.78 is 21.7. The molecule has 0 fully saturated rings. The number of furan rings is 2. The number of ether oxygens (including phenoxy) is 2. The average molecular weight is 480 g/mol. The molecule has 0 bridgehead atoms. The number of rotatable bonds is 6. The quantitative estimate of drug-likeness (QED) is 0.196. The maximum atomic E-state index is 12.4. The van der Waals surface area contributed by atoms with Crippen LogP contribution in [-0.4, -0.2) is 18.2 Å². The van der Waals surface area contributed by atoms with Crippen molar-refractivity contribution in [1.29, 1.82) is 0 Å². The van der Waals surface area contributed by atoms with Crippen LogP contribution >= 0.6 is 15.9 Å². The van der Waals surface area contributed by atoms with Crippen molar-refractivity contribution in [3.05, 3.63) is 101 Å². The van der Waals surface area contributed by atoms with Crippen LogP contribution in [0.25, 0.3) is 0 Å². The van der Waals surface area contributed by atoms with Crippen molar-refractivity contribution in [3.63, 3.8) is 0 Å². The van der Waals surface area contributed by atoms with Gasteiger partial charge in [0.2, 0.25) is 11.5 Å². The lowest BCUT2D eigenvalue weighted by Gasteiger charge is -2.09. The minimum atomic E-state index is -0.699. The highest BCUT2D eigenvalue weighted by atomic mass is 79.9. The number of hydrogen-bond acceptors (Lipinski definition) is 7. The first kappa shape index (κ1) is 20.4. The van der Waals surface area contributed by atoms with Crippen LogP contribution in [0.5, 0.6) is 11.5 Å². The summed E-state index contributed by atoms with van der Waals surface area (Å²) in [6, 6.07) is 18.1. The number of esters is 2. The van der Waals surface area contributed by atoms with E-state index in [1.165, 1.54) is 30.7 Å². The Morgan fingerprint density at radius 1 is 0.839 bits per heavy atom. The van der Waals surface area contributed by atoms with Gasteiger partial charge in [-0.2, -0.15) is 0 Å². The Morgan fingerprint density at radius 3 is 2.16 bits per heavy atom. The number of para-hydroxylation sites is 1. The van der Waals surface area contributed by atoms with Gasteiger partial charge in [-0.3, -0.25) is 4.99 Å². The van der Waals surface area contributed by atoms with E-state index in [0.29, 0.717) is 11.3 Å². The van der Waals surface area contributed by atoms with Crippen LogP contribution in [0.2, 0.25) is 0 Å². The van der Waals surface area contributed by atoms with Gasteiger partial charge in [0.25, 0.3) is 0 Å². The normalized spacial score (nSPS) is 10.9. The molecule has 0 radical (unpaired) electrons. The van der Waals surface area contributed by atoms with Crippen molar-refractivity contribution in [1.82, 2.24) is 0 Å². The molecule has 0 aliphatic heterocycles. The molecule has 0 spiro atoms. The molecule has 154 valence electrons. The first-order valence-corrected chi connectivity index (χ1v) is 9.83. The molecule has 2 heterocycles. The minimum Gasteiger partial charge on any atom is -0.457 e. The number of aliphatic imine (C=N–C) groups is 1. The zero-order valence-corrected chi connectivity index (χ0v) is 17.4. The SMILES string of the molecule is O=C(Oc1ccc(C=Nc2ccccc2Br)c(OC(=O)c2ccco2)c1)c1ccco1. The molecular weight excluding hydrogens is 466 g/mol. The molecular formula is C23H14BrNO6. The van der Waals surface area contributed by atoms with Crippen molar-refractivity contribution < 1.29 is 27.9 Å². The molecule has 8 heteroatoms. The van der Waals surface area contributed by atoms with Gasteiger partial charge in [-0.05, 0) is 64.5 Å². The lowest BCUT2D eigenvalue weighted by Crippen LogP contribution is -2.10. The second kappa shape index (κ2) is 9.27. The van der Waals surface area contributed by atoms with Gasteiger partial charge in [-0.25, -0.2) is 9.59 Å². The van der Waals surface area contributed by atoms with Crippen LogP contribution in [0.4, 0.5) is 5.69 Å². The number of hydrogen-bond donors (Lipinski definition) is 0. The summed E-state index contributed by atoms with van der Waals surface area (Å²) in [7, 11) is 0. The molecule has 31 heavy (non-hydrogen) atoms. The molecule has 0 aliphatic rings. The van der Waals surface area contributed by atoms with Crippen LogP contribution in [0.1, 0.15) is 26.7 Å². The smallest absolute Gasteiger partial charge is 0.379 e. The van der Waals surface area contributed by atoms with Gasteiger partial charge in [0.05, 0.1) is 18.2 Å². The van der Waals surface area contributed by atoms with E-state index in [0.717, 1.165) is 4.47 Å². The van der Waals surface area contributed by atoms with E-state index in [1.807, 2.05) is 24.3 Å². The number of benzene rings is 2. The summed E-state index contributed by atoms with van der Waals surface area (Å²) in [4.78, 5) is 29.0. The molecule has 4 rings (SSSR count).